The van der Waals surface area contributed by atoms with E-state index in [0.717, 1.165) is 30.0 Å². The van der Waals surface area contributed by atoms with E-state index in [2.05, 4.69) is 5.32 Å². The first-order chi connectivity index (χ1) is 8.75. The van der Waals surface area contributed by atoms with Gasteiger partial charge in [-0.25, -0.2) is 0 Å². The Labute approximate surface area is 107 Å². The van der Waals surface area contributed by atoms with Crippen molar-refractivity contribution in [2.24, 2.45) is 0 Å². The third-order valence-corrected chi connectivity index (χ3v) is 2.76. The van der Waals surface area contributed by atoms with E-state index < -0.39 is 0 Å². The van der Waals surface area contributed by atoms with Crippen molar-refractivity contribution in [2.45, 2.75) is 26.0 Å². The smallest absolute Gasteiger partial charge is 0.134 e. The molecule has 0 aliphatic heterocycles. The summed E-state index contributed by atoms with van der Waals surface area (Å²) >= 11 is 0. The molecule has 3 nitrogen and oxygen atoms in total. The lowest BCUT2D eigenvalue weighted by molar-refractivity contribution is 0.183. The standard InChI is InChI=1S/C15H19NO2/c1-12(17)9-10-16-11-14-7-8-15(18-14)13-5-3-2-4-6-13/h2-8,12,16-17H,9-11H2,1H3. The van der Waals surface area contributed by atoms with E-state index in [1.54, 1.807) is 6.92 Å². The summed E-state index contributed by atoms with van der Waals surface area (Å²) in [5, 5.41) is 12.4. The normalized spacial score (nSPS) is 12.6. The van der Waals surface area contributed by atoms with Crippen molar-refractivity contribution in [3.05, 3.63) is 48.2 Å². The predicted octanol–water partition coefficient (Wildman–Crippen LogP) is 2.81. The summed E-state index contributed by atoms with van der Waals surface area (Å²) in [6, 6.07) is 14.0. The van der Waals surface area contributed by atoms with Gasteiger partial charge in [-0.05, 0) is 32.0 Å². The van der Waals surface area contributed by atoms with Crippen LogP contribution in [0.5, 0.6) is 0 Å². The van der Waals surface area contributed by atoms with Gasteiger partial charge in [-0.15, -0.1) is 0 Å². The predicted molar refractivity (Wildman–Crippen MR) is 72.1 cm³/mol. The van der Waals surface area contributed by atoms with Gasteiger partial charge in [-0.1, -0.05) is 30.3 Å². The zero-order chi connectivity index (χ0) is 12.8. The summed E-state index contributed by atoms with van der Waals surface area (Å²) in [5.41, 5.74) is 1.09. The highest BCUT2D eigenvalue weighted by molar-refractivity contribution is 5.57. The average molecular weight is 245 g/mol. The van der Waals surface area contributed by atoms with Gasteiger partial charge in [0.15, 0.2) is 0 Å². The van der Waals surface area contributed by atoms with Crippen LogP contribution in [0.2, 0.25) is 0 Å². The fraction of sp³-hybridized carbons (Fsp3) is 0.333. The number of hydrogen-bond acceptors (Lipinski definition) is 3. The molecule has 0 aliphatic carbocycles. The van der Waals surface area contributed by atoms with Crippen LogP contribution in [0.1, 0.15) is 19.1 Å². The van der Waals surface area contributed by atoms with E-state index in [9.17, 15) is 0 Å². The molecule has 2 rings (SSSR count). The van der Waals surface area contributed by atoms with Crippen molar-refractivity contribution < 1.29 is 9.52 Å². The monoisotopic (exact) mass is 245 g/mol. The Bertz CT molecular complexity index is 462. The molecule has 0 saturated carbocycles. The van der Waals surface area contributed by atoms with E-state index >= 15 is 0 Å². The number of nitrogens with one attached hydrogen (secondary N) is 1. The first-order valence-corrected chi connectivity index (χ1v) is 6.28. The molecule has 1 unspecified atom stereocenters. The maximum atomic E-state index is 9.14. The Morgan fingerprint density at radius 3 is 2.67 bits per heavy atom. The second-order valence-corrected chi connectivity index (χ2v) is 4.45. The van der Waals surface area contributed by atoms with Gasteiger partial charge in [0.1, 0.15) is 11.5 Å². The van der Waals surface area contributed by atoms with E-state index in [1.807, 2.05) is 42.5 Å². The Balaban J connectivity index is 1.87. The van der Waals surface area contributed by atoms with Crippen molar-refractivity contribution in [1.82, 2.24) is 5.32 Å². The number of rotatable bonds is 6. The minimum atomic E-state index is -0.256. The first-order valence-electron chi connectivity index (χ1n) is 6.28. The average Bonchev–Trinajstić information content (AvgIpc) is 2.84. The highest BCUT2D eigenvalue weighted by atomic mass is 16.3. The first kappa shape index (κ1) is 12.9. The second kappa shape index (κ2) is 6.38. The van der Waals surface area contributed by atoms with Gasteiger partial charge < -0.3 is 14.8 Å². The number of aliphatic hydroxyl groups excluding tert-OH is 1. The zero-order valence-corrected chi connectivity index (χ0v) is 10.6. The molecule has 18 heavy (non-hydrogen) atoms. The van der Waals surface area contributed by atoms with Gasteiger partial charge in [-0.3, -0.25) is 0 Å². The maximum absolute atomic E-state index is 9.14. The van der Waals surface area contributed by atoms with Gasteiger partial charge in [0.25, 0.3) is 0 Å². The van der Waals surface area contributed by atoms with Crippen molar-refractivity contribution >= 4 is 0 Å². The Hall–Kier alpha value is -1.58. The van der Waals surface area contributed by atoms with Crippen molar-refractivity contribution in [3.63, 3.8) is 0 Å². The van der Waals surface area contributed by atoms with Gasteiger partial charge in [-0.2, -0.15) is 0 Å². The summed E-state index contributed by atoms with van der Waals surface area (Å²) in [6.45, 7) is 3.28. The third-order valence-electron chi connectivity index (χ3n) is 2.76. The topological polar surface area (TPSA) is 45.4 Å². The molecule has 0 saturated heterocycles. The molecular weight excluding hydrogens is 226 g/mol. The van der Waals surface area contributed by atoms with Gasteiger partial charge in [0.2, 0.25) is 0 Å². The Morgan fingerprint density at radius 1 is 1.17 bits per heavy atom. The maximum Gasteiger partial charge on any atom is 0.134 e. The van der Waals surface area contributed by atoms with Crippen molar-refractivity contribution in [2.75, 3.05) is 6.54 Å². The molecular formula is C15H19NO2. The molecule has 3 heteroatoms. The van der Waals surface area contributed by atoms with E-state index in [-0.39, 0.29) is 6.10 Å². The van der Waals surface area contributed by atoms with Gasteiger partial charge >= 0.3 is 0 Å². The highest BCUT2D eigenvalue weighted by Gasteiger charge is 2.04. The molecule has 0 bridgehead atoms. The molecule has 0 aliphatic rings. The number of furan rings is 1. The second-order valence-electron chi connectivity index (χ2n) is 4.45. The fourth-order valence-corrected chi connectivity index (χ4v) is 1.75. The molecule has 0 radical (unpaired) electrons. The minimum Gasteiger partial charge on any atom is -0.460 e. The van der Waals surface area contributed by atoms with Crippen LogP contribution in [0.25, 0.3) is 11.3 Å². The third kappa shape index (κ3) is 3.72. The molecule has 96 valence electrons. The summed E-state index contributed by atoms with van der Waals surface area (Å²) in [4.78, 5) is 0. The van der Waals surface area contributed by atoms with Crippen LogP contribution in [0, 0.1) is 0 Å². The molecule has 0 spiro atoms. The molecule has 1 atom stereocenters. The van der Waals surface area contributed by atoms with Gasteiger partial charge in [0, 0.05) is 5.56 Å². The van der Waals surface area contributed by atoms with E-state index in [1.165, 1.54) is 0 Å². The lowest BCUT2D eigenvalue weighted by atomic mass is 10.2. The molecule has 1 aromatic heterocycles. The summed E-state index contributed by atoms with van der Waals surface area (Å²) in [6.07, 6.45) is 0.501. The van der Waals surface area contributed by atoms with Crippen LogP contribution in [0.4, 0.5) is 0 Å². The minimum absolute atomic E-state index is 0.256. The summed E-state index contributed by atoms with van der Waals surface area (Å²) in [5.74, 6) is 1.81. The number of aliphatic hydroxyl groups is 1. The number of hydrogen-bond donors (Lipinski definition) is 2. The van der Waals surface area contributed by atoms with Crippen LogP contribution < -0.4 is 5.32 Å². The van der Waals surface area contributed by atoms with E-state index in [0.29, 0.717) is 6.54 Å². The zero-order valence-electron chi connectivity index (χ0n) is 10.6. The summed E-state index contributed by atoms with van der Waals surface area (Å²) in [7, 11) is 0. The van der Waals surface area contributed by atoms with E-state index in [4.69, 9.17) is 9.52 Å². The molecule has 0 fully saturated rings. The molecule has 1 heterocycles. The Morgan fingerprint density at radius 2 is 1.94 bits per heavy atom. The Kier molecular flexibility index (Phi) is 4.56. The molecule has 1 aromatic carbocycles. The van der Waals surface area contributed by atoms with Gasteiger partial charge in [0.05, 0.1) is 12.6 Å². The number of benzene rings is 1. The van der Waals surface area contributed by atoms with Crippen molar-refractivity contribution in [1.29, 1.82) is 0 Å². The van der Waals surface area contributed by atoms with Crippen LogP contribution in [0.3, 0.4) is 0 Å². The van der Waals surface area contributed by atoms with Crippen LogP contribution in [-0.4, -0.2) is 17.8 Å². The molecule has 2 aromatic rings. The fourth-order valence-electron chi connectivity index (χ4n) is 1.75. The largest absolute Gasteiger partial charge is 0.460 e. The lowest BCUT2D eigenvalue weighted by Gasteiger charge is -2.04. The van der Waals surface area contributed by atoms with Crippen LogP contribution in [0.15, 0.2) is 46.9 Å². The highest BCUT2D eigenvalue weighted by Crippen LogP contribution is 2.21. The quantitative estimate of drug-likeness (QED) is 0.769. The SMILES string of the molecule is CC(O)CCNCc1ccc(-c2ccccc2)o1. The van der Waals surface area contributed by atoms with Crippen LogP contribution >= 0.6 is 0 Å². The molecule has 0 amide bonds. The van der Waals surface area contributed by atoms with Crippen molar-refractivity contribution in [3.8, 4) is 11.3 Å². The summed E-state index contributed by atoms with van der Waals surface area (Å²) < 4.78 is 5.75. The molecule has 2 N–H and O–H groups in total. The lowest BCUT2D eigenvalue weighted by Crippen LogP contribution is -2.18. The van der Waals surface area contributed by atoms with Crippen LogP contribution in [-0.2, 0) is 6.54 Å².